The Kier molecular flexibility index (Phi) is 2.86. The molecule has 1 aliphatic rings. The summed E-state index contributed by atoms with van der Waals surface area (Å²) in [5, 5.41) is 10.3. The SMILES string of the molecule is CC(C)(O)c1nc2ccccc2n1C[C@H]1CC1(Cl)Cl. The van der Waals surface area contributed by atoms with Gasteiger partial charge in [0, 0.05) is 12.5 Å². The van der Waals surface area contributed by atoms with Crippen molar-refractivity contribution in [3.8, 4) is 0 Å². The molecule has 19 heavy (non-hydrogen) atoms. The number of hydrogen-bond acceptors (Lipinski definition) is 2. The molecular formula is C14H16Cl2N2O. The van der Waals surface area contributed by atoms with Crippen LogP contribution in [-0.2, 0) is 12.1 Å². The lowest BCUT2D eigenvalue weighted by Crippen LogP contribution is -2.23. The van der Waals surface area contributed by atoms with Gasteiger partial charge < -0.3 is 9.67 Å². The first-order valence-corrected chi connectivity index (χ1v) is 7.10. The second-order valence-electron chi connectivity index (χ2n) is 5.76. The van der Waals surface area contributed by atoms with Gasteiger partial charge in [-0.25, -0.2) is 4.98 Å². The Morgan fingerprint density at radius 2 is 2.05 bits per heavy atom. The van der Waals surface area contributed by atoms with E-state index < -0.39 is 9.93 Å². The molecule has 0 radical (unpaired) electrons. The molecule has 0 bridgehead atoms. The lowest BCUT2D eigenvalue weighted by molar-refractivity contribution is 0.0649. The van der Waals surface area contributed by atoms with Crippen LogP contribution < -0.4 is 0 Å². The Labute approximate surface area is 122 Å². The van der Waals surface area contributed by atoms with E-state index in [0.717, 1.165) is 17.5 Å². The molecule has 1 aromatic heterocycles. The average molecular weight is 299 g/mol. The molecule has 1 saturated carbocycles. The molecule has 1 heterocycles. The zero-order chi connectivity index (χ0) is 13.8. The first-order valence-electron chi connectivity index (χ1n) is 6.35. The van der Waals surface area contributed by atoms with Crippen molar-refractivity contribution < 1.29 is 5.11 Å². The maximum atomic E-state index is 10.3. The lowest BCUT2D eigenvalue weighted by atomic mass is 10.1. The van der Waals surface area contributed by atoms with Crippen LogP contribution in [0.15, 0.2) is 24.3 Å². The molecular weight excluding hydrogens is 283 g/mol. The van der Waals surface area contributed by atoms with Crippen molar-refractivity contribution in [2.45, 2.75) is 36.7 Å². The van der Waals surface area contributed by atoms with Crippen molar-refractivity contribution in [2.75, 3.05) is 0 Å². The number of rotatable bonds is 3. The van der Waals surface area contributed by atoms with Gasteiger partial charge in [0.05, 0.1) is 11.0 Å². The highest BCUT2D eigenvalue weighted by atomic mass is 35.5. The number of halogens is 2. The fourth-order valence-electron chi connectivity index (χ4n) is 2.42. The lowest BCUT2D eigenvalue weighted by Gasteiger charge is -2.19. The van der Waals surface area contributed by atoms with Crippen LogP contribution in [0.4, 0.5) is 0 Å². The molecule has 0 spiro atoms. The van der Waals surface area contributed by atoms with Gasteiger partial charge in [-0.1, -0.05) is 12.1 Å². The summed E-state index contributed by atoms with van der Waals surface area (Å²) < 4.78 is 1.41. The van der Waals surface area contributed by atoms with Gasteiger partial charge in [0.15, 0.2) is 0 Å². The molecule has 0 unspecified atom stereocenters. The predicted molar refractivity (Wildman–Crippen MR) is 77.5 cm³/mol. The highest BCUT2D eigenvalue weighted by Crippen LogP contribution is 2.54. The maximum absolute atomic E-state index is 10.3. The smallest absolute Gasteiger partial charge is 0.141 e. The van der Waals surface area contributed by atoms with E-state index in [0.29, 0.717) is 12.4 Å². The number of benzene rings is 1. The van der Waals surface area contributed by atoms with Crippen LogP contribution in [0.1, 0.15) is 26.1 Å². The van der Waals surface area contributed by atoms with Crippen molar-refractivity contribution in [1.29, 1.82) is 0 Å². The number of para-hydroxylation sites is 2. The van der Waals surface area contributed by atoms with E-state index in [2.05, 4.69) is 4.98 Å². The summed E-state index contributed by atoms with van der Waals surface area (Å²) in [7, 11) is 0. The number of imidazole rings is 1. The van der Waals surface area contributed by atoms with Gasteiger partial charge in [0.1, 0.15) is 15.8 Å². The molecule has 102 valence electrons. The molecule has 3 nitrogen and oxygen atoms in total. The monoisotopic (exact) mass is 298 g/mol. The van der Waals surface area contributed by atoms with Crippen LogP contribution in [0.25, 0.3) is 11.0 Å². The number of nitrogens with zero attached hydrogens (tertiary/aromatic N) is 2. The van der Waals surface area contributed by atoms with Crippen molar-refractivity contribution in [3.63, 3.8) is 0 Å². The summed E-state index contributed by atoms with van der Waals surface area (Å²) in [5.41, 5.74) is 0.903. The summed E-state index contributed by atoms with van der Waals surface area (Å²) >= 11 is 12.2. The molecule has 2 aromatic rings. The van der Waals surface area contributed by atoms with Crippen LogP contribution in [0, 0.1) is 5.92 Å². The minimum absolute atomic E-state index is 0.217. The Hall–Kier alpha value is -0.770. The molecule has 1 aliphatic carbocycles. The van der Waals surface area contributed by atoms with Crippen molar-refractivity contribution in [2.24, 2.45) is 5.92 Å². The quantitative estimate of drug-likeness (QED) is 0.881. The summed E-state index contributed by atoms with van der Waals surface area (Å²) in [6, 6.07) is 7.86. The molecule has 1 aromatic carbocycles. The second kappa shape index (κ2) is 4.11. The van der Waals surface area contributed by atoms with Crippen LogP contribution in [0.5, 0.6) is 0 Å². The van der Waals surface area contributed by atoms with Crippen LogP contribution in [0.3, 0.4) is 0 Å². The van der Waals surface area contributed by atoms with Crippen LogP contribution in [0.2, 0.25) is 0 Å². The van der Waals surface area contributed by atoms with Gasteiger partial charge in [-0.15, -0.1) is 23.2 Å². The van der Waals surface area contributed by atoms with Gasteiger partial charge in [-0.05, 0) is 32.4 Å². The van der Waals surface area contributed by atoms with E-state index in [-0.39, 0.29) is 5.92 Å². The maximum Gasteiger partial charge on any atom is 0.141 e. The normalized spacial score (nSPS) is 21.8. The molecule has 1 N–H and O–H groups in total. The largest absolute Gasteiger partial charge is 0.383 e. The average Bonchev–Trinajstić information content (AvgIpc) is 2.74. The fourth-order valence-corrected chi connectivity index (χ4v) is 2.93. The van der Waals surface area contributed by atoms with Gasteiger partial charge in [0.25, 0.3) is 0 Å². The minimum Gasteiger partial charge on any atom is -0.383 e. The number of hydrogen-bond donors (Lipinski definition) is 1. The Morgan fingerprint density at radius 3 is 2.63 bits per heavy atom. The van der Waals surface area contributed by atoms with Crippen molar-refractivity contribution in [3.05, 3.63) is 30.1 Å². The zero-order valence-corrected chi connectivity index (χ0v) is 12.4. The highest BCUT2D eigenvalue weighted by molar-refractivity contribution is 6.50. The molecule has 0 aliphatic heterocycles. The summed E-state index contributed by atoms with van der Waals surface area (Å²) in [5.74, 6) is 0.874. The number of aromatic nitrogens is 2. The first kappa shape index (κ1) is 13.2. The fraction of sp³-hybridized carbons (Fsp3) is 0.500. The summed E-state index contributed by atoms with van der Waals surface area (Å²) in [6.45, 7) is 4.17. The minimum atomic E-state index is -0.991. The van der Waals surface area contributed by atoms with Gasteiger partial charge in [-0.2, -0.15) is 0 Å². The first-order chi connectivity index (χ1) is 8.79. The summed E-state index contributed by atoms with van der Waals surface area (Å²) in [4.78, 5) is 4.54. The number of alkyl halides is 2. The molecule has 1 fully saturated rings. The number of aliphatic hydroxyl groups is 1. The van der Waals surface area contributed by atoms with Gasteiger partial charge in [-0.3, -0.25) is 0 Å². The standard InChI is InChI=1S/C14H16Cl2N2O/c1-13(2,19)12-17-10-5-3-4-6-11(10)18(12)8-9-7-14(9,15)16/h3-6,9,19H,7-8H2,1-2H3/t9-/m1/s1. The van der Waals surface area contributed by atoms with E-state index in [1.165, 1.54) is 0 Å². The molecule has 0 saturated heterocycles. The Bertz CT molecular complexity index is 628. The van der Waals surface area contributed by atoms with E-state index in [4.69, 9.17) is 23.2 Å². The third-order valence-corrected chi connectivity index (χ3v) is 4.49. The third kappa shape index (κ3) is 2.35. The van der Waals surface area contributed by atoms with E-state index in [1.54, 1.807) is 13.8 Å². The van der Waals surface area contributed by atoms with E-state index in [9.17, 15) is 5.11 Å². The number of fused-ring (bicyclic) bond motifs is 1. The molecule has 3 rings (SSSR count). The van der Waals surface area contributed by atoms with Crippen LogP contribution in [-0.4, -0.2) is 19.0 Å². The van der Waals surface area contributed by atoms with Crippen molar-refractivity contribution >= 4 is 34.2 Å². The predicted octanol–water partition coefficient (Wildman–Crippen LogP) is 3.46. The Morgan fingerprint density at radius 1 is 1.42 bits per heavy atom. The van der Waals surface area contributed by atoms with Crippen molar-refractivity contribution in [1.82, 2.24) is 9.55 Å². The molecule has 1 atom stereocenters. The second-order valence-corrected chi connectivity index (χ2v) is 7.30. The Balaban J connectivity index is 2.09. The van der Waals surface area contributed by atoms with Gasteiger partial charge in [0.2, 0.25) is 0 Å². The third-order valence-electron chi connectivity index (χ3n) is 3.56. The molecule has 0 amide bonds. The highest BCUT2D eigenvalue weighted by Gasteiger charge is 2.52. The van der Waals surface area contributed by atoms with Crippen LogP contribution >= 0.6 is 23.2 Å². The summed E-state index contributed by atoms with van der Waals surface area (Å²) in [6.07, 6.45) is 0.786. The zero-order valence-electron chi connectivity index (χ0n) is 10.9. The van der Waals surface area contributed by atoms with E-state index >= 15 is 0 Å². The molecule has 5 heteroatoms. The van der Waals surface area contributed by atoms with E-state index in [1.807, 2.05) is 28.8 Å². The van der Waals surface area contributed by atoms with Gasteiger partial charge >= 0.3 is 0 Å². The topological polar surface area (TPSA) is 38.1 Å².